The van der Waals surface area contributed by atoms with E-state index in [0.29, 0.717) is 46.1 Å². The summed E-state index contributed by atoms with van der Waals surface area (Å²) in [4.78, 5) is 31.0. The third kappa shape index (κ3) is 2.64. The fraction of sp³-hybridized carbons (Fsp3) is 0.222. The number of fused-ring (bicyclic) bond motifs is 3. The topological polar surface area (TPSA) is 90.4 Å². The van der Waals surface area contributed by atoms with Gasteiger partial charge in [0, 0.05) is 34.0 Å². The zero-order valence-corrected chi connectivity index (χ0v) is 19.3. The van der Waals surface area contributed by atoms with Gasteiger partial charge in [-0.1, -0.05) is 41.8 Å². The summed E-state index contributed by atoms with van der Waals surface area (Å²) < 4.78 is 0. The van der Waals surface area contributed by atoms with Crippen LogP contribution in [0.15, 0.2) is 65.1 Å². The van der Waals surface area contributed by atoms with E-state index >= 15 is 0 Å². The quantitative estimate of drug-likeness (QED) is 0.670. The third-order valence-corrected chi connectivity index (χ3v) is 7.32. The highest BCUT2D eigenvalue weighted by Gasteiger charge is 2.62. The number of nitrogens with zero attached hydrogens (tertiary/aromatic N) is 3. The number of amides is 1. The average Bonchev–Trinajstić information content (AvgIpc) is 3.06. The first-order valence-electron chi connectivity index (χ1n) is 11.0. The number of carbonyl (C=O) groups is 2. The number of anilines is 2. The number of para-hydroxylation sites is 1. The van der Waals surface area contributed by atoms with Gasteiger partial charge in [0.05, 0.1) is 17.8 Å². The van der Waals surface area contributed by atoms with E-state index in [2.05, 4.69) is 12.0 Å². The predicted octanol–water partition coefficient (Wildman–Crippen LogP) is 4.09. The number of allylic oxidation sites excluding steroid dienone is 1. The van der Waals surface area contributed by atoms with Crippen molar-refractivity contribution in [2.75, 3.05) is 16.3 Å². The Morgan fingerprint density at radius 3 is 2.62 bits per heavy atom. The van der Waals surface area contributed by atoms with Crippen LogP contribution in [-0.2, 0) is 15.0 Å². The molecular formula is C27H21ClN4O2. The number of halogens is 1. The molecule has 168 valence electrons. The van der Waals surface area contributed by atoms with E-state index in [1.54, 1.807) is 41.3 Å². The molecular weight excluding hydrogens is 448 g/mol. The summed E-state index contributed by atoms with van der Waals surface area (Å²) in [7, 11) is 0. The summed E-state index contributed by atoms with van der Waals surface area (Å²) in [5.74, 6) is 2.06. The second-order valence-electron chi connectivity index (χ2n) is 8.55. The highest BCUT2D eigenvalue weighted by molar-refractivity contribution is 6.31. The number of benzene rings is 2. The zero-order chi connectivity index (χ0) is 24.2. The summed E-state index contributed by atoms with van der Waals surface area (Å²) >= 11 is 6.41. The smallest absolute Gasteiger partial charge is 0.248 e. The molecule has 3 aliphatic rings. The normalized spacial score (nSPS) is 21.5. The van der Waals surface area contributed by atoms with Crippen LogP contribution in [0.3, 0.4) is 0 Å². The van der Waals surface area contributed by atoms with Gasteiger partial charge in [0.15, 0.2) is 5.78 Å². The van der Waals surface area contributed by atoms with E-state index in [-0.39, 0.29) is 30.1 Å². The lowest BCUT2D eigenvalue weighted by atomic mass is 9.63. The van der Waals surface area contributed by atoms with Crippen molar-refractivity contribution in [1.29, 1.82) is 5.26 Å². The summed E-state index contributed by atoms with van der Waals surface area (Å²) in [6, 6.07) is 14.8. The third-order valence-electron chi connectivity index (χ3n) is 6.91. The predicted molar refractivity (Wildman–Crippen MR) is 131 cm³/mol. The van der Waals surface area contributed by atoms with Gasteiger partial charge in [0.25, 0.3) is 0 Å². The van der Waals surface area contributed by atoms with Gasteiger partial charge in [-0.15, -0.1) is 6.42 Å². The number of rotatable bonds is 2. The molecule has 7 heteroatoms. The molecule has 2 aromatic rings. The lowest BCUT2D eigenvalue weighted by molar-refractivity contribution is -0.124. The maximum absolute atomic E-state index is 14.2. The van der Waals surface area contributed by atoms with Crippen LogP contribution in [0.5, 0.6) is 0 Å². The van der Waals surface area contributed by atoms with Crippen molar-refractivity contribution in [2.45, 2.75) is 31.6 Å². The number of terminal acetylenes is 1. The molecule has 1 aliphatic carbocycles. The number of hydrogen-bond donors (Lipinski definition) is 1. The van der Waals surface area contributed by atoms with E-state index in [4.69, 9.17) is 23.8 Å². The van der Waals surface area contributed by atoms with Gasteiger partial charge in [0.2, 0.25) is 5.91 Å². The van der Waals surface area contributed by atoms with Crippen LogP contribution in [0.25, 0.3) is 0 Å². The highest BCUT2D eigenvalue weighted by atomic mass is 35.5. The molecule has 0 saturated heterocycles. The first-order valence-corrected chi connectivity index (χ1v) is 11.3. The Labute approximate surface area is 202 Å². The van der Waals surface area contributed by atoms with Gasteiger partial charge < -0.3 is 5.73 Å². The van der Waals surface area contributed by atoms with Crippen LogP contribution in [0.2, 0.25) is 5.02 Å². The van der Waals surface area contributed by atoms with Crippen molar-refractivity contribution < 1.29 is 9.59 Å². The molecule has 0 radical (unpaired) electrons. The van der Waals surface area contributed by atoms with Crippen LogP contribution in [0.4, 0.5) is 11.4 Å². The molecule has 34 heavy (non-hydrogen) atoms. The zero-order valence-electron chi connectivity index (χ0n) is 18.6. The number of nitriles is 1. The van der Waals surface area contributed by atoms with E-state index in [1.807, 2.05) is 13.0 Å². The molecule has 0 unspecified atom stereocenters. The molecule has 0 bridgehead atoms. The van der Waals surface area contributed by atoms with Gasteiger partial charge in [-0.3, -0.25) is 19.4 Å². The summed E-state index contributed by atoms with van der Waals surface area (Å²) in [5, 5.41) is 11.0. The molecule has 0 aromatic heterocycles. The molecule has 2 heterocycles. The number of hydrogen-bond acceptors (Lipinski definition) is 5. The second kappa shape index (κ2) is 7.80. The van der Waals surface area contributed by atoms with Crippen molar-refractivity contribution >= 4 is 34.7 Å². The maximum Gasteiger partial charge on any atom is 0.248 e. The first-order chi connectivity index (χ1) is 16.4. The van der Waals surface area contributed by atoms with Crippen LogP contribution >= 0.6 is 11.6 Å². The maximum atomic E-state index is 14.2. The molecule has 6 nitrogen and oxygen atoms in total. The lowest BCUT2D eigenvalue weighted by Crippen LogP contribution is -2.52. The number of Topliss-reactive ketones (excluding diaryl/α,β-unsaturated/α-hetero) is 1. The summed E-state index contributed by atoms with van der Waals surface area (Å²) in [6.45, 7) is 1.88. The number of ketones is 1. The van der Waals surface area contributed by atoms with Crippen molar-refractivity contribution in [1.82, 2.24) is 0 Å². The molecule has 2 aliphatic heterocycles. The van der Waals surface area contributed by atoms with Gasteiger partial charge in [-0.05, 0) is 43.5 Å². The van der Waals surface area contributed by atoms with E-state index in [1.165, 1.54) is 4.90 Å². The number of carbonyl (C=O) groups excluding carboxylic acids is 2. The fourth-order valence-electron chi connectivity index (χ4n) is 5.49. The largest absolute Gasteiger partial charge is 0.384 e. The molecule has 0 fully saturated rings. The van der Waals surface area contributed by atoms with Gasteiger partial charge >= 0.3 is 0 Å². The summed E-state index contributed by atoms with van der Waals surface area (Å²) in [6.07, 6.45) is 7.01. The standard InChI is InChI=1S/C27H21ClN4O2/c1-3-14-31-21-10-5-4-8-17(21)27(26(31)34)18(15-29)25(30)32(20-11-6-9-19(28)16(20)2)22-12-7-13-23(33)24(22)27/h1,4-6,8-11H,7,12-14,30H2,2H3/t27-/m0/s1. The van der Waals surface area contributed by atoms with Crippen LogP contribution in [0.1, 0.15) is 30.4 Å². The number of nitrogens with two attached hydrogens (primary N) is 1. The van der Waals surface area contributed by atoms with E-state index < -0.39 is 11.3 Å². The SMILES string of the molecule is C#CCN1C(=O)[C@]2(C(C#N)=C(N)N(c3cccc(Cl)c3C)C3=C2C(=O)CCC3)c2ccccc21. The Bertz CT molecular complexity index is 1420. The van der Waals surface area contributed by atoms with Crippen molar-refractivity contribution in [3.63, 3.8) is 0 Å². The molecule has 2 N–H and O–H groups in total. The molecule has 0 saturated carbocycles. The van der Waals surface area contributed by atoms with Crippen molar-refractivity contribution in [3.8, 4) is 18.4 Å². The fourth-order valence-corrected chi connectivity index (χ4v) is 5.66. The second-order valence-corrected chi connectivity index (χ2v) is 8.96. The van der Waals surface area contributed by atoms with E-state index in [9.17, 15) is 14.9 Å². The highest BCUT2D eigenvalue weighted by Crippen LogP contribution is 2.56. The minimum absolute atomic E-state index is 0.0180. The Balaban J connectivity index is 1.91. The molecule has 1 amide bonds. The minimum Gasteiger partial charge on any atom is -0.384 e. The van der Waals surface area contributed by atoms with Crippen LogP contribution < -0.4 is 15.5 Å². The molecule has 2 aromatic carbocycles. The van der Waals surface area contributed by atoms with Crippen molar-refractivity contribution in [2.24, 2.45) is 5.73 Å². The molecule has 5 rings (SSSR count). The lowest BCUT2D eigenvalue weighted by Gasteiger charge is -2.44. The van der Waals surface area contributed by atoms with Gasteiger partial charge in [-0.2, -0.15) is 5.26 Å². The van der Waals surface area contributed by atoms with E-state index in [0.717, 1.165) is 5.56 Å². The molecule has 1 spiro atoms. The Morgan fingerprint density at radius 1 is 1.15 bits per heavy atom. The van der Waals surface area contributed by atoms with Crippen LogP contribution in [0, 0.1) is 30.6 Å². The van der Waals surface area contributed by atoms with Crippen LogP contribution in [-0.4, -0.2) is 18.2 Å². The van der Waals surface area contributed by atoms with Gasteiger partial charge in [0.1, 0.15) is 17.3 Å². The van der Waals surface area contributed by atoms with Gasteiger partial charge in [-0.25, -0.2) is 0 Å². The Morgan fingerprint density at radius 2 is 1.88 bits per heavy atom. The average molecular weight is 469 g/mol. The van der Waals surface area contributed by atoms with Crippen molar-refractivity contribution in [3.05, 3.63) is 81.3 Å². The first kappa shape index (κ1) is 21.8. The summed E-state index contributed by atoms with van der Waals surface area (Å²) in [5.41, 5.74) is 8.63. The minimum atomic E-state index is -1.62. The Kier molecular flexibility index (Phi) is 5.01. The monoisotopic (exact) mass is 468 g/mol. The molecule has 1 atom stereocenters. The Hall–Kier alpha value is -4.00.